The molecule has 0 aromatic carbocycles. The third-order valence-electron chi connectivity index (χ3n) is 3.12. The quantitative estimate of drug-likeness (QED) is 0.592. The van der Waals surface area contributed by atoms with Gasteiger partial charge >= 0.3 is 0 Å². The molecule has 0 atom stereocenters. The number of rotatable bonds is 2. The van der Waals surface area contributed by atoms with Gasteiger partial charge in [-0.1, -0.05) is 13.3 Å². The molecule has 1 heteroatoms. The highest BCUT2D eigenvalue weighted by Crippen LogP contribution is 2.28. The van der Waals surface area contributed by atoms with E-state index in [2.05, 4.69) is 25.9 Å². The first kappa shape index (κ1) is 9.05. The summed E-state index contributed by atoms with van der Waals surface area (Å²) < 4.78 is 0. The molecule has 0 aliphatic heterocycles. The van der Waals surface area contributed by atoms with Crippen LogP contribution in [0.3, 0.4) is 0 Å². The number of nitrogens with zero attached hydrogens (tertiary/aromatic N) is 1. The van der Waals surface area contributed by atoms with Crippen molar-refractivity contribution in [2.75, 3.05) is 14.1 Å². The molecule has 66 valence electrons. The van der Waals surface area contributed by atoms with Gasteiger partial charge in [-0.05, 0) is 45.7 Å². The Bertz CT molecular complexity index is 101. The van der Waals surface area contributed by atoms with E-state index in [0.29, 0.717) is 0 Å². The van der Waals surface area contributed by atoms with Gasteiger partial charge in [-0.2, -0.15) is 0 Å². The summed E-state index contributed by atoms with van der Waals surface area (Å²) >= 11 is 0. The first-order chi connectivity index (χ1) is 5.24. The van der Waals surface area contributed by atoms with Crippen LogP contribution in [0, 0.1) is 5.92 Å². The minimum absolute atomic E-state index is 0.873. The Morgan fingerprint density at radius 2 is 1.64 bits per heavy atom. The fourth-order valence-electron chi connectivity index (χ4n) is 2.07. The van der Waals surface area contributed by atoms with Gasteiger partial charge in [-0.25, -0.2) is 0 Å². The van der Waals surface area contributed by atoms with Crippen LogP contribution in [0.4, 0.5) is 0 Å². The van der Waals surface area contributed by atoms with Crippen LogP contribution in [-0.4, -0.2) is 25.0 Å². The largest absolute Gasteiger partial charge is 0.306 e. The maximum Gasteiger partial charge on any atom is 0.00893 e. The van der Waals surface area contributed by atoms with Crippen molar-refractivity contribution in [2.45, 2.75) is 45.1 Å². The normalized spacial score (nSPS) is 32.7. The van der Waals surface area contributed by atoms with Gasteiger partial charge in [0.1, 0.15) is 0 Å². The van der Waals surface area contributed by atoms with Crippen LogP contribution in [0.2, 0.25) is 0 Å². The monoisotopic (exact) mass is 155 g/mol. The molecule has 0 bridgehead atoms. The highest BCUT2D eigenvalue weighted by atomic mass is 15.1. The summed E-state index contributed by atoms with van der Waals surface area (Å²) in [4.78, 5) is 2.38. The molecule has 0 radical (unpaired) electrons. The van der Waals surface area contributed by atoms with Crippen LogP contribution in [0.25, 0.3) is 0 Å². The standard InChI is InChI=1S/C10H21N/c1-4-9-5-7-10(8-6-9)11(2)3/h9-10H,4-8H2,1-3H3/t9-,10+. The van der Waals surface area contributed by atoms with Crippen LogP contribution >= 0.6 is 0 Å². The summed E-state index contributed by atoms with van der Waals surface area (Å²) in [6, 6.07) is 0.873. The molecule has 11 heavy (non-hydrogen) atoms. The van der Waals surface area contributed by atoms with E-state index in [0.717, 1.165) is 12.0 Å². The van der Waals surface area contributed by atoms with Crippen molar-refractivity contribution in [3.63, 3.8) is 0 Å². The maximum absolute atomic E-state index is 2.38. The van der Waals surface area contributed by atoms with E-state index in [1.165, 1.54) is 32.1 Å². The molecule has 1 nitrogen and oxygen atoms in total. The molecule has 0 N–H and O–H groups in total. The molecule has 1 aliphatic carbocycles. The predicted octanol–water partition coefficient (Wildman–Crippen LogP) is 2.52. The van der Waals surface area contributed by atoms with Gasteiger partial charge in [-0.15, -0.1) is 0 Å². The van der Waals surface area contributed by atoms with Crippen LogP contribution in [0.5, 0.6) is 0 Å². The number of hydrogen-bond donors (Lipinski definition) is 0. The van der Waals surface area contributed by atoms with E-state index in [1.54, 1.807) is 0 Å². The predicted molar refractivity (Wildman–Crippen MR) is 49.7 cm³/mol. The Morgan fingerprint density at radius 1 is 1.09 bits per heavy atom. The lowest BCUT2D eigenvalue weighted by molar-refractivity contribution is 0.191. The minimum Gasteiger partial charge on any atom is -0.306 e. The van der Waals surface area contributed by atoms with Crippen molar-refractivity contribution in [2.24, 2.45) is 5.92 Å². The second-order valence-corrected chi connectivity index (χ2v) is 4.05. The molecule has 1 saturated carbocycles. The summed E-state index contributed by atoms with van der Waals surface area (Å²) in [5.74, 6) is 1.03. The Balaban J connectivity index is 2.24. The third kappa shape index (κ3) is 2.48. The zero-order valence-corrected chi connectivity index (χ0v) is 8.14. The average Bonchev–Trinajstić information content (AvgIpc) is 2.05. The van der Waals surface area contributed by atoms with Crippen LogP contribution < -0.4 is 0 Å². The molecule has 0 unspecified atom stereocenters. The van der Waals surface area contributed by atoms with E-state index in [9.17, 15) is 0 Å². The van der Waals surface area contributed by atoms with Crippen molar-refractivity contribution in [1.29, 1.82) is 0 Å². The smallest absolute Gasteiger partial charge is 0.00893 e. The first-order valence-electron chi connectivity index (χ1n) is 4.90. The molecular weight excluding hydrogens is 134 g/mol. The molecule has 1 rings (SSSR count). The summed E-state index contributed by atoms with van der Waals surface area (Å²) in [5.41, 5.74) is 0. The van der Waals surface area contributed by atoms with Crippen LogP contribution in [0.15, 0.2) is 0 Å². The van der Waals surface area contributed by atoms with Crippen molar-refractivity contribution >= 4 is 0 Å². The van der Waals surface area contributed by atoms with Crippen LogP contribution in [0.1, 0.15) is 39.0 Å². The van der Waals surface area contributed by atoms with Gasteiger partial charge in [0.05, 0.1) is 0 Å². The highest BCUT2D eigenvalue weighted by Gasteiger charge is 2.20. The fraction of sp³-hybridized carbons (Fsp3) is 1.00. The lowest BCUT2D eigenvalue weighted by atomic mass is 9.84. The third-order valence-corrected chi connectivity index (χ3v) is 3.12. The first-order valence-corrected chi connectivity index (χ1v) is 4.90. The lowest BCUT2D eigenvalue weighted by Gasteiger charge is -2.32. The average molecular weight is 155 g/mol. The second kappa shape index (κ2) is 4.10. The Morgan fingerprint density at radius 3 is 2.00 bits per heavy atom. The second-order valence-electron chi connectivity index (χ2n) is 4.05. The molecule has 0 aromatic heterocycles. The Labute approximate surface area is 70.8 Å². The van der Waals surface area contributed by atoms with E-state index in [4.69, 9.17) is 0 Å². The molecular formula is C10H21N. The van der Waals surface area contributed by atoms with Crippen molar-refractivity contribution < 1.29 is 0 Å². The van der Waals surface area contributed by atoms with Crippen molar-refractivity contribution in [3.05, 3.63) is 0 Å². The maximum atomic E-state index is 2.38. The summed E-state index contributed by atoms with van der Waals surface area (Å²) in [5, 5.41) is 0. The molecule has 1 fully saturated rings. The topological polar surface area (TPSA) is 3.24 Å². The van der Waals surface area contributed by atoms with E-state index >= 15 is 0 Å². The zero-order chi connectivity index (χ0) is 8.27. The van der Waals surface area contributed by atoms with Crippen LogP contribution in [-0.2, 0) is 0 Å². The zero-order valence-electron chi connectivity index (χ0n) is 8.14. The SMILES string of the molecule is CC[C@H]1CC[C@@H](N(C)C)CC1. The highest BCUT2D eigenvalue weighted by molar-refractivity contribution is 4.75. The summed E-state index contributed by atoms with van der Waals surface area (Å²) in [6.45, 7) is 2.32. The lowest BCUT2D eigenvalue weighted by Crippen LogP contribution is -2.31. The molecule has 0 spiro atoms. The molecule has 0 saturated heterocycles. The molecule has 0 amide bonds. The van der Waals surface area contributed by atoms with Crippen molar-refractivity contribution in [1.82, 2.24) is 4.90 Å². The summed E-state index contributed by atoms with van der Waals surface area (Å²) in [6.07, 6.45) is 7.15. The van der Waals surface area contributed by atoms with Gasteiger partial charge < -0.3 is 4.90 Å². The molecule has 1 aliphatic rings. The van der Waals surface area contributed by atoms with Gasteiger partial charge in [0.25, 0.3) is 0 Å². The van der Waals surface area contributed by atoms with Gasteiger partial charge in [-0.3, -0.25) is 0 Å². The van der Waals surface area contributed by atoms with Crippen molar-refractivity contribution in [3.8, 4) is 0 Å². The number of hydrogen-bond acceptors (Lipinski definition) is 1. The van der Waals surface area contributed by atoms with Gasteiger partial charge in [0.15, 0.2) is 0 Å². The Hall–Kier alpha value is -0.0400. The van der Waals surface area contributed by atoms with E-state index in [1.807, 2.05) is 0 Å². The minimum atomic E-state index is 0.873. The fourth-order valence-corrected chi connectivity index (χ4v) is 2.07. The van der Waals surface area contributed by atoms with E-state index < -0.39 is 0 Å². The Kier molecular flexibility index (Phi) is 3.38. The van der Waals surface area contributed by atoms with E-state index in [-0.39, 0.29) is 0 Å². The van der Waals surface area contributed by atoms with Gasteiger partial charge in [0, 0.05) is 6.04 Å². The molecule has 0 heterocycles. The summed E-state index contributed by atoms with van der Waals surface area (Å²) in [7, 11) is 4.41. The molecule has 0 aromatic rings. The van der Waals surface area contributed by atoms with Gasteiger partial charge in [0.2, 0.25) is 0 Å².